The average Bonchev–Trinajstić information content (AvgIpc) is 3.44. The molecule has 0 unspecified atom stereocenters. The highest BCUT2D eigenvalue weighted by atomic mass is 35.5. The number of halogens is 2. The summed E-state index contributed by atoms with van der Waals surface area (Å²) in [4.78, 5) is 7.05. The van der Waals surface area contributed by atoms with Gasteiger partial charge in [-0.3, -0.25) is 9.88 Å². The van der Waals surface area contributed by atoms with Crippen LogP contribution in [0.4, 0.5) is 11.4 Å². The van der Waals surface area contributed by atoms with E-state index in [1.165, 1.54) is 6.42 Å². The van der Waals surface area contributed by atoms with Gasteiger partial charge in [0.1, 0.15) is 11.8 Å². The molecule has 0 radical (unpaired) electrons. The summed E-state index contributed by atoms with van der Waals surface area (Å²) in [5.74, 6) is 0. The molecule has 2 aromatic carbocycles. The molecule has 218 valence electrons. The van der Waals surface area contributed by atoms with Gasteiger partial charge in [0.05, 0.1) is 40.1 Å². The number of rotatable bonds is 7. The normalized spacial score (nSPS) is 17.5. The first kappa shape index (κ1) is 28.7. The lowest BCUT2D eigenvalue weighted by Crippen LogP contribution is -2.46. The predicted octanol–water partition coefficient (Wildman–Crippen LogP) is 7.61. The molecule has 1 aliphatic heterocycles. The van der Waals surface area contributed by atoms with Crippen molar-refractivity contribution in [2.24, 2.45) is 0 Å². The van der Waals surface area contributed by atoms with Gasteiger partial charge in [-0.05, 0) is 82.7 Å². The molecule has 0 bridgehead atoms. The first-order valence-corrected chi connectivity index (χ1v) is 15.4. The molecule has 2 aromatic heterocycles. The van der Waals surface area contributed by atoms with Crippen LogP contribution in [0.5, 0.6) is 0 Å². The summed E-state index contributed by atoms with van der Waals surface area (Å²) in [7, 11) is 0. The van der Waals surface area contributed by atoms with Crippen LogP contribution in [-0.2, 0) is 0 Å². The highest BCUT2D eigenvalue weighted by molar-refractivity contribution is 6.36. The Morgan fingerprint density at radius 2 is 1.79 bits per heavy atom. The van der Waals surface area contributed by atoms with Crippen molar-refractivity contribution < 1.29 is 0 Å². The zero-order chi connectivity index (χ0) is 29.4. The molecule has 0 spiro atoms. The van der Waals surface area contributed by atoms with E-state index in [9.17, 15) is 5.26 Å². The van der Waals surface area contributed by atoms with Crippen LogP contribution >= 0.6 is 23.2 Å². The summed E-state index contributed by atoms with van der Waals surface area (Å²) in [6.07, 6.45) is 9.09. The van der Waals surface area contributed by atoms with Gasteiger partial charge in [-0.1, -0.05) is 40.5 Å². The molecule has 4 aromatic rings. The van der Waals surface area contributed by atoms with Crippen molar-refractivity contribution in [1.82, 2.24) is 24.9 Å². The third kappa shape index (κ3) is 5.92. The number of nitrogens with one attached hydrogen (secondary N) is 2. The Balaban J connectivity index is 1.33. The maximum Gasteiger partial charge on any atom is 0.109 e. The van der Waals surface area contributed by atoms with E-state index in [4.69, 9.17) is 23.2 Å². The zero-order valence-electron chi connectivity index (χ0n) is 24.2. The van der Waals surface area contributed by atoms with Gasteiger partial charge in [-0.2, -0.15) is 5.26 Å². The van der Waals surface area contributed by atoms with Crippen LogP contribution in [0.15, 0.2) is 48.8 Å². The Labute approximate surface area is 257 Å². The number of anilines is 2. The van der Waals surface area contributed by atoms with Crippen LogP contribution in [0.3, 0.4) is 0 Å². The van der Waals surface area contributed by atoms with Gasteiger partial charge in [-0.25, -0.2) is 4.68 Å². The SMILES string of the molecule is CC(C)(C)N1CCC(n2cc([C@@H](Nc3cc(Cl)c4ncc(C#N)c(NC5CCC5)c4c3)c3ccc(Cl)cc3)nn2)CC1. The Hall–Kier alpha value is -3.38. The van der Waals surface area contributed by atoms with Crippen molar-refractivity contribution in [2.75, 3.05) is 23.7 Å². The molecule has 3 heterocycles. The maximum absolute atomic E-state index is 9.84. The van der Waals surface area contributed by atoms with E-state index >= 15 is 0 Å². The number of aromatic nitrogens is 4. The van der Waals surface area contributed by atoms with E-state index < -0.39 is 0 Å². The molecule has 2 aliphatic rings. The number of pyridine rings is 1. The summed E-state index contributed by atoms with van der Waals surface area (Å²) >= 11 is 13.0. The van der Waals surface area contributed by atoms with E-state index in [2.05, 4.69) is 63.9 Å². The fraction of sp³-hybridized carbons (Fsp3) is 0.438. The minimum Gasteiger partial charge on any atom is -0.381 e. The fourth-order valence-corrected chi connectivity index (χ4v) is 6.29. The predicted molar refractivity (Wildman–Crippen MR) is 169 cm³/mol. The minimum absolute atomic E-state index is 0.167. The monoisotopic (exact) mass is 602 g/mol. The van der Waals surface area contributed by atoms with E-state index in [1.54, 1.807) is 6.20 Å². The molecule has 1 atom stereocenters. The van der Waals surface area contributed by atoms with Gasteiger partial charge >= 0.3 is 0 Å². The Bertz CT molecular complexity index is 1610. The number of likely N-dealkylation sites (tertiary alicyclic amines) is 1. The minimum atomic E-state index is -0.297. The number of benzene rings is 2. The van der Waals surface area contributed by atoms with Gasteiger partial charge in [0.25, 0.3) is 0 Å². The Morgan fingerprint density at radius 3 is 2.43 bits per heavy atom. The van der Waals surface area contributed by atoms with Crippen LogP contribution in [-0.4, -0.2) is 49.5 Å². The molecule has 1 saturated carbocycles. The zero-order valence-corrected chi connectivity index (χ0v) is 25.8. The lowest BCUT2D eigenvalue weighted by molar-refractivity contribution is 0.0866. The van der Waals surface area contributed by atoms with Gasteiger partial charge < -0.3 is 10.6 Å². The number of nitriles is 1. The van der Waals surface area contributed by atoms with Crippen LogP contribution in [0.2, 0.25) is 10.0 Å². The molecular formula is C32H36Cl2N8. The number of piperidine rings is 1. The van der Waals surface area contributed by atoms with E-state index in [1.807, 2.05) is 41.1 Å². The fourth-order valence-electron chi connectivity index (χ4n) is 5.89. The van der Waals surface area contributed by atoms with Crippen molar-refractivity contribution >= 4 is 45.5 Å². The lowest BCUT2D eigenvalue weighted by atomic mass is 9.92. The van der Waals surface area contributed by atoms with E-state index in [-0.39, 0.29) is 11.6 Å². The highest BCUT2D eigenvalue weighted by Gasteiger charge is 2.29. The molecule has 6 rings (SSSR count). The first-order valence-electron chi connectivity index (χ1n) is 14.7. The molecule has 10 heteroatoms. The number of hydrogen-bond acceptors (Lipinski definition) is 7. The van der Waals surface area contributed by atoms with Gasteiger partial charge in [0.15, 0.2) is 0 Å². The van der Waals surface area contributed by atoms with Gasteiger partial charge in [-0.15, -0.1) is 5.10 Å². The molecule has 42 heavy (non-hydrogen) atoms. The molecule has 2 fully saturated rings. The second-order valence-corrected chi connectivity index (χ2v) is 13.3. The molecule has 1 saturated heterocycles. The Morgan fingerprint density at radius 1 is 1.05 bits per heavy atom. The second-order valence-electron chi connectivity index (χ2n) is 12.4. The summed E-state index contributed by atoms with van der Waals surface area (Å²) in [6.45, 7) is 8.88. The molecule has 1 aliphatic carbocycles. The summed E-state index contributed by atoms with van der Waals surface area (Å²) in [5, 5.41) is 28.3. The molecular weight excluding hydrogens is 567 g/mol. The molecule has 2 N–H and O–H groups in total. The van der Waals surface area contributed by atoms with Crippen LogP contribution in [0, 0.1) is 11.3 Å². The van der Waals surface area contributed by atoms with Crippen molar-refractivity contribution in [1.29, 1.82) is 5.26 Å². The highest BCUT2D eigenvalue weighted by Crippen LogP contribution is 2.37. The first-order chi connectivity index (χ1) is 20.2. The van der Waals surface area contributed by atoms with E-state index in [0.717, 1.165) is 66.8 Å². The van der Waals surface area contributed by atoms with Gasteiger partial charge in [0.2, 0.25) is 0 Å². The van der Waals surface area contributed by atoms with Crippen LogP contribution < -0.4 is 10.6 Å². The lowest BCUT2D eigenvalue weighted by Gasteiger charge is -2.40. The third-order valence-electron chi connectivity index (χ3n) is 8.62. The average molecular weight is 604 g/mol. The third-order valence-corrected chi connectivity index (χ3v) is 9.16. The van der Waals surface area contributed by atoms with Crippen LogP contribution in [0.25, 0.3) is 10.9 Å². The van der Waals surface area contributed by atoms with Crippen LogP contribution in [0.1, 0.15) is 81.8 Å². The van der Waals surface area contributed by atoms with Crippen molar-refractivity contribution in [2.45, 2.75) is 76.5 Å². The topological polar surface area (TPSA) is 94.7 Å². The Kier molecular flexibility index (Phi) is 8.01. The number of fused-ring (bicyclic) bond motifs is 1. The largest absolute Gasteiger partial charge is 0.381 e. The quantitative estimate of drug-likeness (QED) is 0.225. The van der Waals surface area contributed by atoms with E-state index in [0.29, 0.717) is 33.2 Å². The molecule has 0 amide bonds. The van der Waals surface area contributed by atoms with Crippen molar-refractivity contribution in [3.63, 3.8) is 0 Å². The number of hydrogen-bond donors (Lipinski definition) is 2. The van der Waals surface area contributed by atoms with Crippen molar-refractivity contribution in [3.05, 3.63) is 75.7 Å². The van der Waals surface area contributed by atoms with Gasteiger partial charge in [0, 0.05) is 47.0 Å². The number of nitrogens with zero attached hydrogens (tertiary/aromatic N) is 6. The standard InChI is InChI=1S/C32H36Cl2N8/c1-32(2,3)41-13-11-25(12-14-41)42-19-28(39-40-42)30(20-7-9-22(33)10-8-20)38-24-15-26-29(37-23-5-4-6-23)21(17-35)18-36-31(26)27(34)16-24/h7-10,15-16,18-19,23,25,30,38H,4-6,11-14H2,1-3H3,(H,36,37)/t30-/m0/s1. The molecule has 8 nitrogen and oxygen atoms in total. The smallest absolute Gasteiger partial charge is 0.109 e. The summed E-state index contributed by atoms with van der Waals surface area (Å²) < 4.78 is 2.02. The summed E-state index contributed by atoms with van der Waals surface area (Å²) in [6, 6.07) is 14.3. The maximum atomic E-state index is 9.84. The second kappa shape index (κ2) is 11.7. The summed E-state index contributed by atoms with van der Waals surface area (Å²) in [5.41, 5.74) is 4.74. The van der Waals surface area contributed by atoms with Crippen molar-refractivity contribution in [3.8, 4) is 6.07 Å².